The molecule has 0 saturated carbocycles. The maximum Gasteiger partial charge on any atom is 0.166 e. The molecule has 0 bridgehead atoms. The van der Waals surface area contributed by atoms with Crippen LogP contribution in [0.1, 0.15) is 5.56 Å². The molecule has 0 spiro atoms. The number of nitrogens with zero attached hydrogens (tertiary/aromatic N) is 3. The van der Waals surface area contributed by atoms with Gasteiger partial charge in [0.2, 0.25) is 0 Å². The predicted molar refractivity (Wildman–Crippen MR) is 94.5 cm³/mol. The second-order valence-corrected chi connectivity index (χ2v) is 5.56. The normalized spacial score (nSPS) is 11.4. The molecule has 0 saturated heterocycles. The summed E-state index contributed by atoms with van der Waals surface area (Å²) in [6.45, 7) is 0. The number of benzene rings is 2. The highest BCUT2D eigenvalue weighted by molar-refractivity contribution is 5.86. The van der Waals surface area contributed by atoms with E-state index in [2.05, 4.69) is 10.1 Å². The van der Waals surface area contributed by atoms with E-state index in [1.54, 1.807) is 29.5 Å². The third-order valence-electron chi connectivity index (χ3n) is 3.99. The van der Waals surface area contributed by atoms with Crippen molar-refractivity contribution in [2.24, 2.45) is 0 Å². The second kappa shape index (κ2) is 6.28. The number of hydrogen-bond donors (Lipinski definition) is 0. The van der Waals surface area contributed by atoms with Crippen molar-refractivity contribution in [3.05, 3.63) is 84.3 Å². The van der Waals surface area contributed by atoms with Crippen LogP contribution < -0.4 is 0 Å². The Morgan fingerprint density at radius 1 is 0.920 bits per heavy atom. The molecule has 0 fully saturated rings. The van der Waals surface area contributed by atoms with Crippen LogP contribution in [0.5, 0.6) is 0 Å². The van der Waals surface area contributed by atoms with Crippen LogP contribution in [0.3, 0.4) is 0 Å². The summed E-state index contributed by atoms with van der Waals surface area (Å²) in [4.78, 5) is 4.02. The zero-order valence-electron chi connectivity index (χ0n) is 13.1. The van der Waals surface area contributed by atoms with Crippen LogP contribution in [0, 0.1) is 11.6 Å². The lowest BCUT2D eigenvalue weighted by Gasteiger charge is -2.03. The minimum Gasteiger partial charge on any atom is -0.265 e. The molecule has 122 valence electrons. The lowest BCUT2D eigenvalue weighted by molar-refractivity contribution is 0.507. The van der Waals surface area contributed by atoms with Gasteiger partial charge >= 0.3 is 0 Å². The van der Waals surface area contributed by atoms with Crippen molar-refractivity contribution in [3.8, 4) is 11.1 Å². The van der Waals surface area contributed by atoms with Crippen LogP contribution in [0.4, 0.5) is 8.78 Å². The van der Waals surface area contributed by atoms with Crippen LogP contribution in [0.25, 0.3) is 34.3 Å². The Balaban J connectivity index is 1.75. The first kappa shape index (κ1) is 15.2. The molecule has 0 radical (unpaired) electrons. The van der Waals surface area contributed by atoms with Gasteiger partial charge in [0.15, 0.2) is 11.6 Å². The third kappa shape index (κ3) is 2.92. The van der Waals surface area contributed by atoms with E-state index >= 15 is 0 Å². The molecule has 3 nitrogen and oxygen atoms in total. The van der Waals surface area contributed by atoms with E-state index in [-0.39, 0.29) is 5.56 Å². The van der Waals surface area contributed by atoms with Crippen LogP contribution in [0.15, 0.2) is 67.1 Å². The lowest BCUT2D eigenvalue weighted by atomic mass is 10.1. The van der Waals surface area contributed by atoms with Gasteiger partial charge in [-0.2, -0.15) is 5.10 Å². The maximum atomic E-state index is 13.8. The minimum absolute atomic E-state index is 0.175. The summed E-state index contributed by atoms with van der Waals surface area (Å²) in [5.74, 6) is -1.74. The summed E-state index contributed by atoms with van der Waals surface area (Å²) >= 11 is 0. The maximum absolute atomic E-state index is 13.8. The second-order valence-electron chi connectivity index (χ2n) is 5.56. The largest absolute Gasteiger partial charge is 0.265 e. The van der Waals surface area contributed by atoms with Crippen molar-refractivity contribution in [2.75, 3.05) is 0 Å². The fourth-order valence-corrected chi connectivity index (χ4v) is 2.68. The van der Waals surface area contributed by atoms with Crippen LogP contribution in [-0.2, 0) is 0 Å². The van der Waals surface area contributed by atoms with Gasteiger partial charge in [0, 0.05) is 29.5 Å². The van der Waals surface area contributed by atoms with Gasteiger partial charge in [-0.25, -0.2) is 13.5 Å². The number of fused-ring (bicyclic) bond motifs is 1. The summed E-state index contributed by atoms with van der Waals surface area (Å²) in [6, 6.07) is 13.9. The van der Waals surface area contributed by atoms with Gasteiger partial charge in [-0.05, 0) is 41.5 Å². The number of rotatable bonds is 3. The van der Waals surface area contributed by atoms with Gasteiger partial charge in [0.25, 0.3) is 0 Å². The standard InChI is InChI=1S/C20H13F2N3/c21-18-3-1-2-15(20(18)22)8-11-25-19-12-16(4-5-17(19)13-24-25)14-6-9-23-10-7-14/h1-13H. The molecule has 0 atom stereocenters. The average molecular weight is 333 g/mol. The monoisotopic (exact) mass is 333 g/mol. The molecule has 0 aliphatic heterocycles. The third-order valence-corrected chi connectivity index (χ3v) is 3.99. The molecule has 4 rings (SSSR count). The molecule has 25 heavy (non-hydrogen) atoms. The first-order valence-corrected chi connectivity index (χ1v) is 7.72. The molecule has 5 heteroatoms. The Labute approximate surface area is 142 Å². The van der Waals surface area contributed by atoms with Gasteiger partial charge < -0.3 is 0 Å². The van der Waals surface area contributed by atoms with E-state index in [9.17, 15) is 8.78 Å². The fourth-order valence-electron chi connectivity index (χ4n) is 2.68. The van der Waals surface area contributed by atoms with Gasteiger partial charge in [-0.1, -0.05) is 24.3 Å². The highest BCUT2D eigenvalue weighted by Crippen LogP contribution is 2.24. The fraction of sp³-hybridized carbons (Fsp3) is 0. The van der Waals surface area contributed by atoms with Crippen molar-refractivity contribution in [1.29, 1.82) is 0 Å². The van der Waals surface area contributed by atoms with Crippen molar-refractivity contribution in [3.63, 3.8) is 0 Å². The van der Waals surface area contributed by atoms with Gasteiger partial charge in [0.05, 0.1) is 11.7 Å². The van der Waals surface area contributed by atoms with Crippen molar-refractivity contribution >= 4 is 23.2 Å². The molecule has 0 aliphatic rings. The molecule has 4 aromatic rings. The molecule has 2 aromatic carbocycles. The van der Waals surface area contributed by atoms with Crippen molar-refractivity contribution in [2.45, 2.75) is 0 Å². The topological polar surface area (TPSA) is 30.7 Å². The first-order valence-electron chi connectivity index (χ1n) is 7.72. The molecule has 2 heterocycles. The van der Waals surface area contributed by atoms with Crippen molar-refractivity contribution < 1.29 is 8.78 Å². The van der Waals surface area contributed by atoms with Crippen molar-refractivity contribution in [1.82, 2.24) is 14.8 Å². The number of pyridine rings is 1. The number of hydrogen-bond acceptors (Lipinski definition) is 2. The van der Waals surface area contributed by atoms with E-state index < -0.39 is 11.6 Å². The zero-order valence-corrected chi connectivity index (χ0v) is 13.1. The lowest BCUT2D eigenvalue weighted by Crippen LogP contribution is -1.91. The highest BCUT2D eigenvalue weighted by Gasteiger charge is 2.06. The quantitative estimate of drug-likeness (QED) is 0.528. The number of aromatic nitrogens is 3. The SMILES string of the molecule is Fc1cccc(C=Cn2ncc3ccc(-c4ccncc4)cc32)c1F. The van der Waals surface area contributed by atoms with Crippen LogP contribution in [0.2, 0.25) is 0 Å². The Morgan fingerprint density at radius 2 is 1.76 bits per heavy atom. The highest BCUT2D eigenvalue weighted by atomic mass is 19.2. The molecule has 2 aromatic heterocycles. The Morgan fingerprint density at radius 3 is 2.60 bits per heavy atom. The predicted octanol–water partition coefficient (Wildman–Crippen LogP) is 5.00. The number of halogens is 2. The summed E-state index contributed by atoms with van der Waals surface area (Å²) in [5, 5.41) is 5.26. The Bertz CT molecular complexity index is 1070. The smallest absolute Gasteiger partial charge is 0.166 e. The molecule has 0 unspecified atom stereocenters. The molecular weight excluding hydrogens is 320 g/mol. The van der Waals surface area contributed by atoms with Gasteiger partial charge in [0.1, 0.15) is 0 Å². The molecule has 0 aliphatic carbocycles. The Kier molecular flexibility index (Phi) is 3.82. The summed E-state index contributed by atoms with van der Waals surface area (Å²) in [6.07, 6.45) is 8.34. The zero-order chi connectivity index (χ0) is 17.2. The summed E-state index contributed by atoms with van der Waals surface area (Å²) < 4.78 is 28.7. The minimum atomic E-state index is -0.868. The molecular formula is C20H13F2N3. The Hall–Kier alpha value is -3.34. The van der Waals surface area contributed by atoms with E-state index in [4.69, 9.17) is 0 Å². The average Bonchev–Trinajstić information content (AvgIpc) is 3.06. The van der Waals surface area contributed by atoms with Crippen LogP contribution in [-0.4, -0.2) is 14.8 Å². The van der Waals surface area contributed by atoms with E-state index in [1.165, 1.54) is 18.2 Å². The molecule has 0 N–H and O–H groups in total. The summed E-state index contributed by atoms with van der Waals surface area (Å²) in [5.41, 5.74) is 3.13. The van der Waals surface area contributed by atoms with Gasteiger partial charge in [-0.3, -0.25) is 4.98 Å². The molecule has 0 amide bonds. The van der Waals surface area contributed by atoms with Crippen LogP contribution >= 0.6 is 0 Å². The van der Waals surface area contributed by atoms with E-state index in [0.717, 1.165) is 28.1 Å². The van der Waals surface area contributed by atoms with E-state index in [0.29, 0.717) is 0 Å². The summed E-state index contributed by atoms with van der Waals surface area (Å²) in [7, 11) is 0. The van der Waals surface area contributed by atoms with E-state index in [1.807, 2.05) is 30.3 Å². The first-order chi connectivity index (χ1) is 12.2. The van der Waals surface area contributed by atoms with Gasteiger partial charge in [-0.15, -0.1) is 0 Å².